The van der Waals surface area contributed by atoms with Crippen molar-refractivity contribution < 1.29 is 9.53 Å². The number of amides is 1. The molecule has 0 heterocycles. The molecule has 0 fully saturated rings. The smallest absolute Gasteiger partial charge is 0.238 e. The number of methoxy groups -OCH3 is 1. The van der Waals surface area contributed by atoms with E-state index >= 15 is 0 Å². The Morgan fingerprint density at radius 3 is 2.70 bits per heavy atom. The zero-order chi connectivity index (χ0) is 15.1. The monoisotopic (exact) mass is 279 g/mol. The van der Waals surface area contributed by atoms with Gasteiger partial charge in [0, 0.05) is 12.2 Å². The summed E-state index contributed by atoms with van der Waals surface area (Å²) in [5.74, 6) is 1.08. The average Bonchev–Trinajstić information content (AvgIpc) is 2.37. The standard InChI is InChI=1S/C15H25N3O2/c1-5-18(9-11(2)3)10-15(19)17-13-8-12(16)6-7-14(13)20-4/h6-8,11H,5,9-10,16H2,1-4H3,(H,17,19). The van der Waals surface area contributed by atoms with Gasteiger partial charge in [0.15, 0.2) is 0 Å². The Labute approximate surface area is 121 Å². The summed E-state index contributed by atoms with van der Waals surface area (Å²) < 4.78 is 5.21. The second-order valence-corrected chi connectivity index (χ2v) is 5.23. The van der Waals surface area contributed by atoms with Crippen molar-refractivity contribution in [2.45, 2.75) is 20.8 Å². The SMILES string of the molecule is CCN(CC(=O)Nc1cc(N)ccc1OC)CC(C)C. The molecule has 0 aliphatic rings. The van der Waals surface area contributed by atoms with Gasteiger partial charge < -0.3 is 15.8 Å². The molecule has 1 aromatic rings. The second kappa shape index (κ2) is 7.75. The van der Waals surface area contributed by atoms with Gasteiger partial charge in [-0.15, -0.1) is 0 Å². The van der Waals surface area contributed by atoms with Gasteiger partial charge in [0.2, 0.25) is 5.91 Å². The third kappa shape index (κ3) is 5.09. The van der Waals surface area contributed by atoms with Crippen molar-refractivity contribution in [2.75, 3.05) is 37.8 Å². The minimum atomic E-state index is -0.0589. The quantitative estimate of drug-likeness (QED) is 0.751. The van der Waals surface area contributed by atoms with Crippen molar-refractivity contribution in [3.05, 3.63) is 18.2 Å². The molecule has 0 saturated heterocycles. The molecule has 0 bridgehead atoms. The number of likely N-dealkylation sites (N-methyl/N-ethyl adjacent to an activating group) is 1. The Kier molecular flexibility index (Phi) is 6.31. The van der Waals surface area contributed by atoms with Crippen LogP contribution < -0.4 is 15.8 Å². The number of hydrogen-bond acceptors (Lipinski definition) is 4. The van der Waals surface area contributed by atoms with E-state index in [0.717, 1.165) is 13.1 Å². The van der Waals surface area contributed by atoms with E-state index in [-0.39, 0.29) is 5.91 Å². The minimum Gasteiger partial charge on any atom is -0.495 e. The molecule has 0 unspecified atom stereocenters. The Bertz CT molecular complexity index is 447. The minimum absolute atomic E-state index is 0.0589. The number of carbonyl (C=O) groups excluding carboxylic acids is 1. The largest absolute Gasteiger partial charge is 0.495 e. The maximum atomic E-state index is 12.1. The van der Waals surface area contributed by atoms with Crippen LogP contribution in [0.2, 0.25) is 0 Å². The van der Waals surface area contributed by atoms with Gasteiger partial charge in [0.05, 0.1) is 19.3 Å². The fourth-order valence-electron chi connectivity index (χ4n) is 2.04. The molecular formula is C15H25N3O2. The van der Waals surface area contributed by atoms with Crippen molar-refractivity contribution in [3.63, 3.8) is 0 Å². The summed E-state index contributed by atoms with van der Waals surface area (Å²) in [6.45, 7) is 8.45. The lowest BCUT2D eigenvalue weighted by atomic mass is 10.2. The van der Waals surface area contributed by atoms with Crippen molar-refractivity contribution in [1.29, 1.82) is 0 Å². The predicted octanol–water partition coefficient (Wildman–Crippen LogP) is 2.19. The highest BCUT2D eigenvalue weighted by Gasteiger charge is 2.12. The molecule has 20 heavy (non-hydrogen) atoms. The first-order valence-electron chi connectivity index (χ1n) is 6.92. The second-order valence-electron chi connectivity index (χ2n) is 5.23. The number of nitrogens with one attached hydrogen (secondary N) is 1. The van der Waals surface area contributed by atoms with Crippen LogP contribution in [-0.2, 0) is 4.79 Å². The molecule has 5 nitrogen and oxygen atoms in total. The van der Waals surface area contributed by atoms with Gasteiger partial charge >= 0.3 is 0 Å². The van der Waals surface area contributed by atoms with E-state index in [2.05, 4.69) is 31.0 Å². The summed E-state index contributed by atoms with van der Waals surface area (Å²) in [5, 5.41) is 2.85. The fraction of sp³-hybridized carbons (Fsp3) is 0.533. The predicted molar refractivity (Wildman–Crippen MR) is 83.0 cm³/mol. The molecular weight excluding hydrogens is 254 g/mol. The summed E-state index contributed by atoms with van der Waals surface area (Å²) in [4.78, 5) is 14.2. The van der Waals surface area contributed by atoms with Crippen LogP contribution in [0.4, 0.5) is 11.4 Å². The first-order valence-corrected chi connectivity index (χ1v) is 6.92. The highest BCUT2D eigenvalue weighted by molar-refractivity contribution is 5.94. The van der Waals surface area contributed by atoms with Crippen LogP contribution in [0, 0.1) is 5.92 Å². The van der Waals surface area contributed by atoms with Crippen LogP contribution in [0.15, 0.2) is 18.2 Å². The van der Waals surface area contributed by atoms with E-state index in [4.69, 9.17) is 10.5 Å². The van der Waals surface area contributed by atoms with Gasteiger partial charge in [-0.05, 0) is 30.7 Å². The average molecular weight is 279 g/mol. The van der Waals surface area contributed by atoms with Crippen LogP contribution >= 0.6 is 0 Å². The summed E-state index contributed by atoms with van der Waals surface area (Å²) in [6, 6.07) is 5.19. The molecule has 0 aromatic heterocycles. The van der Waals surface area contributed by atoms with Crippen LogP contribution in [-0.4, -0.2) is 37.6 Å². The molecule has 0 spiro atoms. The van der Waals surface area contributed by atoms with E-state index in [9.17, 15) is 4.79 Å². The van der Waals surface area contributed by atoms with Gasteiger partial charge in [-0.25, -0.2) is 0 Å². The molecule has 5 heteroatoms. The maximum absolute atomic E-state index is 12.1. The maximum Gasteiger partial charge on any atom is 0.238 e. The number of nitrogens with zero attached hydrogens (tertiary/aromatic N) is 1. The summed E-state index contributed by atoms with van der Waals surface area (Å²) >= 11 is 0. The van der Waals surface area contributed by atoms with E-state index < -0.39 is 0 Å². The topological polar surface area (TPSA) is 67.6 Å². The summed E-state index contributed by atoms with van der Waals surface area (Å²) in [6.07, 6.45) is 0. The highest BCUT2D eigenvalue weighted by Crippen LogP contribution is 2.26. The summed E-state index contributed by atoms with van der Waals surface area (Å²) in [7, 11) is 1.57. The number of benzene rings is 1. The number of nitrogen functional groups attached to an aromatic ring is 1. The van der Waals surface area contributed by atoms with Gasteiger partial charge in [-0.2, -0.15) is 0 Å². The van der Waals surface area contributed by atoms with Crippen molar-refractivity contribution in [1.82, 2.24) is 4.90 Å². The van der Waals surface area contributed by atoms with Crippen LogP contribution in [0.25, 0.3) is 0 Å². The molecule has 0 aliphatic carbocycles. The van der Waals surface area contributed by atoms with Crippen LogP contribution in [0.3, 0.4) is 0 Å². The van der Waals surface area contributed by atoms with E-state index in [1.54, 1.807) is 25.3 Å². The molecule has 112 valence electrons. The first kappa shape index (κ1) is 16.3. The van der Waals surface area contributed by atoms with Crippen LogP contribution in [0.1, 0.15) is 20.8 Å². The fourth-order valence-corrected chi connectivity index (χ4v) is 2.04. The number of ether oxygens (including phenoxy) is 1. The molecule has 0 radical (unpaired) electrons. The molecule has 1 rings (SSSR count). The lowest BCUT2D eigenvalue weighted by Crippen LogP contribution is -2.35. The molecule has 1 amide bonds. The zero-order valence-corrected chi connectivity index (χ0v) is 12.8. The number of rotatable bonds is 7. The van der Waals surface area contributed by atoms with Gasteiger partial charge in [-0.3, -0.25) is 9.69 Å². The molecule has 0 aliphatic heterocycles. The third-order valence-corrected chi connectivity index (χ3v) is 2.94. The van der Waals surface area contributed by atoms with E-state index in [1.807, 2.05) is 0 Å². The normalized spacial score (nSPS) is 10.9. The number of carbonyl (C=O) groups is 1. The van der Waals surface area contributed by atoms with Crippen molar-refractivity contribution >= 4 is 17.3 Å². The number of nitrogens with two attached hydrogens (primary N) is 1. The number of anilines is 2. The zero-order valence-electron chi connectivity index (χ0n) is 12.8. The highest BCUT2D eigenvalue weighted by atomic mass is 16.5. The van der Waals surface area contributed by atoms with Gasteiger partial charge in [0.1, 0.15) is 5.75 Å². The van der Waals surface area contributed by atoms with E-state index in [0.29, 0.717) is 29.6 Å². The Morgan fingerprint density at radius 1 is 1.45 bits per heavy atom. The summed E-state index contributed by atoms with van der Waals surface area (Å²) in [5.41, 5.74) is 6.94. The molecule has 3 N–H and O–H groups in total. The Morgan fingerprint density at radius 2 is 2.15 bits per heavy atom. The Hall–Kier alpha value is -1.75. The lowest BCUT2D eigenvalue weighted by Gasteiger charge is -2.22. The van der Waals surface area contributed by atoms with Gasteiger partial charge in [0.25, 0.3) is 0 Å². The first-order chi connectivity index (χ1) is 9.46. The lowest BCUT2D eigenvalue weighted by molar-refractivity contribution is -0.117. The third-order valence-electron chi connectivity index (χ3n) is 2.94. The number of hydrogen-bond donors (Lipinski definition) is 2. The van der Waals surface area contributed by atoms with E-state index in [1.165, 1.54) is 0 Å². The van der Waals surface area contributed by atoms with Crippen molar-refractivity contribution in [2.24, 2.45) is 5.92 Å². The molecule has 0 saturated carbocycles. The Balaban J connectivity index is 2.68. The molecule has 0 atom stereocenters. The molecule has 1 aromatic carbocycles. The van der Waals surface area contributed by atoms with Crippen LogP contribution in [0.5, 0.6) is 5.75 Å². The van der Waals surface area contributed by atoms with Gasteiger partial charge in [-0.1, -0.05) is 20.8 Å². The van der Waals surface area contributed by atoms with Crippen molar-refractivity contribution in [3.8, 4) is 5.75 Å².